The van der Waals surface area contributed by atoms with Crippen LogP contribution in [0, 0.1) is 17.2 Å². The van der Waals surface area contributed by atoms with Gasteiger partial charge in [0.05, 0.1) is 25.4 Å². The van der Waals surface area contributed by atoms with Crippen LogP contribution in [-0.2, 0) is 37.0 Å². The smallest absolute Gasteiger partial charge is 0.302 e. The third kappa shape index (κ3) is 5.90. The van der Waals surface area contributed by atoms with E-state index in [2.05, 4.69) is 6.07 Å². The fraction of sp³-hybridized carbons (Fsp3) is 0.417. The third-order valence-corrected chi connectivity index (χ3v) is 5.16. The van der Waals surface area contributed by atoms with Crippen LogP contribution < -0.4 is 0 Å². The molecule has 0 aliphatic carbocycles. The first-order valence-corrected chi connectivity index (χ1v) is 10.1. The van der Waals surface area contributed by atoms with Crippen molar-refractivity contribution in [3.63, 3.8) is 0 Å². The number of carbonyl (C=O) groups is 1. The van der Waals surface area contributed by atoms with Gasteiger partial charge in [0.25, 0.3) is 0 Å². The molecule has 1 saturated heterocycles. The van der Waals surface area contributed by atoms with Gasteiger partial charge in [0.2, 0.25) is 0 Å². The van der Waals surface area contributed by atoms with Gasteiger partial charge in [0.15, 0.2) is 0 Å². The highest BCUT2D eigenvalue weighted by atomic mass is 16.6. The highest BCUT2D eigenvalue weighted by molar-refractivity contribution is 5.65. The van der Waals surface area contributed by atoms with Crippen LogP contribution in [0.3, 0.4) is 0 Å². The first-order valence-electron chi connectivity index (χ1n) is 10.1. The molecule has 0 saturated carbocycles. The second kappa shape index (κ2) is 10.9. The molecule has 30 heavy (non-hydrogen) atoms. The van der Waals surface area contributed by atoms with E-state index in [1.165, 1.54) is 6.92 Å². The molecule has 6 heteroatoms. The first kappa shape index (κ1) is 22.0. The van der Waals surface area contributed by atoms with E-state index >= 15 is 0 Å². The zero-order valence-corrected chi connectivity index (χ0v) is 17.3. The number of carbonyl (C=O) groups excluding carboxylic acids is 1. The molecule has 158 valence electrons. The summed E-state index contributed by atoms with van der Waals surface area (Å²) in [7, 11) is 0. The summed E-state index contributed by atoms with van der Waals surface area (Å²) in [5, 5.41) is 9.57. The van der Waals surface area contributed by atoms with Crippen molar-refractivity contribution >= 4 is 5.97 Å². The Hall–Kier alpha value is -2.72. The second-order valence-corrected chi connectivity index (χ2v) is 7.41. The number of nitrogens with zero attached hydrogens (tertiary/aromatic N) is 1. The quantitative estimate of drug-likeness (QED) is 0.620. The van der Waals surface area contributed by atoms with Crippen molar-refractivity contribution in [1.82, 2.24) is 0 Å². The van der Waals surface area contributed by atoms with E-state index < -0.39 is 30.4 Å². The van der Waals surface area contributed by atoms with Crippen molar-refractivity contribution in [2.24, 2.45) is 5.92 Å². The molecule has 1 aliphatic heterocycles. The fourth-order valence-corrected chi connectivity index (χ4v) is 3.54. The fourth-order valence-electron chi connectivity index (χ4n) is 3.54. The van der Waals surface area contributed by atoms with Crippen LogP contribution in [0.25, 0.3) is 0 Å². The predicted octanol–water partition coefficient (Wildman–Crippen LogP) is 3.65. The largest absolute Gasteiger partial charge is 0.463 e. The Morgan fingerprint density at radius 3 is 2.00 bits per heavy atom. The Bertz CT molecular complexity index is 836. The molecule has 2 aromatic carbocycles. The molecule has 0 radical (unpaired) electrons. The van der Waals surface area contributed by atoms with Crippen LogP contribution in [0.4, 0.5) is 0 Å². The predicted molar refractivity (Wildman–Crippen MR) is 110 cm³/mol. The summed E-state index contributed by atoms with van der Waals surface area (Å²) in [4.78, 5) is 11.4. The standard InChI is InChI=1S/C24H27NO5/c1-17-21(13-25)30-22(16-27-18(2)26)24(29-15-20-11-7-4-8-12-20)23(17)28-14-19-9-5-3-6-10-19/h3-12,17,21-24H,14-16H2,1-2H3/t17-,21?,22+,23+,24+/m0/s1. The van der Waals surface area contributed by atoms with Crippen molar-refractivity contribution < 1.29 is 23.7 Å². The van der Waals surface area contributed by atoms with Crippen LogP contribution >= 0.6 is 0 Å². The lowest BCUT2D eigenvalue weighted by Gasteiger charge is -2.43. The van der Waals surface area contributed by atoms with Crippen LogP contribution in [0.15, 0.2) is 60.7 Å². The molecule has 2 aromatic rings. The Balaban J connectivity index is 1.79. The minimum atomic E-state index is -0.678. The number of benzene rings is 2. The number of hydrogen-bond acceptors (Lipinski definition) is 6. The molecule has 0 spiro atoms. The van der Waals surface area contributed by atoms with Gasteiger partial charge in [-0.1, -0.05) is 67.6 Å². The zero-order chi connectivity index (χ0) is 21.3. The minimum Gasteiger partial charge on any atom is -0.463 e. The summed E-state index contributed by atoms with van der Waals surface area (Å²) in [6.45, 7) is 4.02. The van der Waals surface area contributed by atoms with Crippen molar-refractivity contribution in [3.05, 3.63) is 71.8 Å². The average molecular weight is 409 g/mol. The van der Waals surface area contributed by atoms with Crippen molar-refractivity contribution in [1.29, 1.82) is 5.26 Å². The Kier molecular flexibility index (Phi) is 7.97. The maximum Gasteiger partial charge on any atom is 0.302 e. The highest BCUT2D eigenvalue weighted by Gasteiger charge is 2.46. The Morgan fingerprint density at radius 2 is 1.50 bits per heavy atom. The van der Waals surface area contributed by atoms with Crippen molar-refractivity contribution in [3.8, 4) is 6.07 Å². The summed E-state index contributed by atoms with van der Waals surface area (Å²) in [5.41, 5.74) is 2.05. The van der Waals surface area contributed by atoms with Crippen LogP contribution in [0.5, 0.6) is 0 Å². The molecule has 1 unspecified atom stereocenters. The van der Waals surface area contributed by atoms with Gasteiger partial charge in [0, 0.05) is 12.8 Å². The van der Waals surface area contributed by atoms with Crippen molar-refractivity contribution in [2.45, 2.75) is 51.5 Å². The zero-order valence-electron chi connectivity index (χ0n) is 17.3. The molecule has 0 N–H and O–H groups in total. The molecular formula is C24H27NO5. The normalized spacial score (nSPS) is 26.0. The van der Waals surface area contributed by atoms with E-state index in [1.54, 1.807) is 0 Å². The molecule has 0 amide bonds. The molecule has 1 aliphatic rings. The first-order chi connectivity index (χ1) is 14.6. The molecule has 0 bridgehead atoms. The number of ether oxygens (including phenoxy) is 4. The number of hydrogen-bond donors (Lipinski definition) is 0. The van der Waals surface area contributed by atoms with Gasteiger partial charge in [-0.05, 0) is 11.1 Å². The maximum atomic E-state index is 11.4. The van der Waals surface area contributed by atoms with E-state index in [-0.39, 0.29) is 12.5 Å². The SMILES string of the molecule is CC(=O)OC[C@H]1OC(C#N)[C@H](C)[C@@H](OCc2ccccc2)[C@@H]1OCc1ccccc1. The maximum absolute atomic E-state index is 11.4. The van der Waals surface area contributed by atoms with Gasteiger partial charge in [-0.15, -0.1) is 0 Å². The van der Waals surface area contributed by atoms with Crippen LogP contribution in [0.1, 0.15) is 25.0 Å². The topological polar surface area (TPSA) is 77.8 Å². The summed E-state index contributed by atoms with van der Waals surface area (Å²) >= 11 is 0. The molecule has 0 aromatic heterocycles. The van der Waals surface area contributed by atoms with Crippen LogP contribution in [0.2, 0.25) is 0 Å². The van der Waals surface area contributed by atoms with E-state index in [0.717, 1.165) is 11.1 Å². The summed E-state index contributed by atoms with van der Waals surface area (Å²) in [6, 6.07) is 21.8. The number of nitriles is 1. The highest BCUT2D eigenvalue weighted by Crippen LogP contribution is 2.31. The lowest BCUT2D eigenvalue weighted by Crippen LogP contribution is -2.56. The minimum absolute atomic E-state index is 0.00485. The summed E-state index contributed by atoms with van der Waals surface area (Å²) < 4.78 is 23.6. The number of esters is 1. The molecule has 1 heterocycles. The summed E-state index contributed by atoms with van der Waals surface area (Å²) in [6.07, 6.45) is -2.16. The van der Waals surface area contributed by atoms with E-state index in [1.807, 2.05) is 67.6 Å². The van der Waals surface area contributed by atoms with Gasteiger partial charge in [-0.2, -0.15) is 5.26 Å². The molecule has 6 nitrogen and oxygen atoms in total. The average Bonchev–Trinajstić information content (AvgIpc) is 2.77. The third-order valence-electron chi connectivity index (χ3n) is 5.16. The lowest BCUT2D eigenvalue weighted by molar-refractivity contribution is -0.230. The lowest BCUT2D eigenvalue weighted by atomic mass is 9.88. The van der Waals surface area contributed by atoms with E-state index in [9.17, 15) is 10.1 Å². The molecular weight excluding hydrogens is 382 g/mol. The van der Waals surface area contributed by atoms with Gasteiger partial charge < -0.3 is 18.9 Å². The van der Waals surface area contributed by atoms with Crippen LogP contribution in [-0.4, -0.2) is 37.0 Å². The van der Waals surface area contributed by atoms with Gasteiger partial charge in [0.1, 0.15) is 24.9 Å². The Labute approximate surface area is 177 Å². The summed E-state index contributed by atoms with van der Waals surface area (Å²) in [5.74, 6) is -0.623. The molecule has 5 atom stereocenters. The van der Waals surface area contributed by atoms with Crippen molar-refractivity contribution in [2.75, 3.05) is 6.61 Å². The molecule has 3 rings (SSSR count). The Morgan fingerprint density at radius 1 is 0.967 bits per heavy atom. The van der Waals surface area contributed by atoms with E-state index in [4.69, 9.17) is 18.9 Å². The molecule has 1 fully saturated rings. The number of rotatable bonds is 8. The van der Waals surface area contributed by atoms with Gasteiger partial charge in [-0.3, -0.25) is 4.79 Å². The van der Waals surface area contributed by atoms with E-state index in [0.29, 0.717) is 13.2 Å². The monoisotopic (exact) mass is 409 g/mol. The second-order valence-electron chi connectivity index (χ2n) is 7.41. The van der Waals surface area contributed by atoms with Gasteiger partial charge >= 0.3 is 5.97 Å². The van der Waals surface area contributed by atoms with Gasteiger partial charge in [-0.25, -0.2) is 0 Å².